The Morgan fingerprint density at radius 3 is 2.95 bits per heavy atom. The lowest BCUT2D eigenvalue weighted by Gasteiger charge is -2.19. The van der Waals surface area contributed by atoms with Crippen LogP contribution in [0.5, 0.6) is 0 Å². The number of halogens is 1. The molecule has 0 radical (unpaired) electrons. The molecule has 0 aliphatic heterocycles. The molecule has 2 aromatic rings. The van der Waals surface area contributed by atoms with Gasteiger partial charge in [0, 0.05) is 30.8 Å². The molecule has 0 saturated carbocycles. The minimum atomic E-state index is -0.736. The molecule has 0 saturated heterocycles. The van der Waals surface area contributed by atoms with Gasteiger partial charge in [0.25, 0.3) is 5.91 Å². The van der Waals surface area contributed by atoms with Gasteiger partial charge in [0.05, 0.1) is 17.6 Å². The largest absolute Gasteiger partial charge is 0.389 e. The number of nitrogens with zero attached hydrogens (tertiary/aromatic N) is 1. The number of fused-ring (bicyclic) bond motifs is 1. The first kappa shape index (κ1) is 14.9. The van der Waals surface area contributed by atoms with Gasteiger partial charge in [0.15, 0.2) is 0 Å². The highest BCUT2D eigenvalue weighted by molar-refractivity contribution is 7.20. The highest BCUT2D eigenvalue weighted by Gasteiger charge is 2.18. The van der Waals surface area contributed by atoms with Gasteiger partial charge in [-0.2, -0.15) is 0 Å². The zero-order valence-electron chi connectivity index (χ0n) is 11.3. The summed E-state index contributed by atoms with van der Waals surface area (Å²) in [4.78, 5) is 14.1. The molecular formula is C14H16FNO3S. The van der Waals surface area contributed by atoms with Crippen molar-refractivity contribution < 1.29 is 19.0 Å². The molecule has 0 fully saturated rings. The number of methoxy groups -OCH3 is 1. The van der Waals surface area contributed by atoms with Crippen LogP contribution in [0.15, 0.2) is 24.3 Å². The van der Waals surface area contributed by atoms with E-state index in [0.717, 1.165) is 4.70 Å². The van der Waals surface area contributed by atoms with Gasteiger partial charge in [-0.25, -0.2) is 4.39 Å². The second kappa shape index (κ2) is 6.30. The lowest BCUT2D eigenvalue weighted by Crippen LogP contribution is -2.35. The molecule has 108 valence electrons. The van der Waals surface area contributed by atoms with Gasteiger partial charge in [-0.1, -0.05) is 6.07 Å². The number of hydrogen-bond acceptors (Lipinski definition) is 4. The summed E-state index contributed by atoms with van der Waals surface area (Å²) < 4.78 is 19.2. The van der Waals surface area contributed by atoms with Gasteiger partial charge >= 0.3 is 0 Å². The van der Waals surface area contributed by atoms with Gasteiger partial charge < -0.3 is 14.7 Å². The monoisotopic (exact) mass is 297 g/mol. The summed E-state index contributed by atoms with van der Waals surface area (Å²) >= 11 is 1.24. The van der Waals surface area contributed by atoms with E-state index in [4.69, 9.17) is 4.74 Å². The quantitative estimate of drug-likeness (QED) is 0.919. The van der Waals surface area contributed by atoms with E-state index < -0.39 is 6.10 Å². The molecule has 0 spiro atoms. The lowest BCUT2D eigenvalue weighted by molar-refractivity contribution is 0.0382. The summed E-state index contributed by atoms with van der Waals surface area (Å²) in [5.41, 5.74) is 0. The number of ether oxygens (including phenoxy) is 1. The topological polar surface area (TPSA) is 49.8 Å². The molecule has 1 unspecified atom stereocenters. The Morgan fingerprint density at radius 1 is 1.55 bits per heavy atom. The van der Waals surface area contributed by atoms with E-state index in [1.165, 1.54) is 29.4 Å². The number of hydrogen-bond donors (Lipinski definition) is 1. The Bertz CT molecular complexity index is 613. The number of likely N-dealkylation sites (N-methyl/N-ethyl adjacent to an activating group) is 1. The number of benzene rings is 1. The zero-order chi connectivity index (χ0) is 14.7. The van der Waals surface area contributed by atoms with Gasteiger partial charge in [-0.15, -0.1) is 11.3 Å². The van der Waals surface area contributed by atoms with E-state index in [0.29, 0.717) is 10.3 Å². The van der Waals surface area contributed by atoms with E-state index in [-0.39, 0.29) is 24.9 Å². The van der Waals surface area contributed by atoms with Gasteiger partial charge in [-0.05, 0) is 18.2 Å². The summed E-state index contributed by atoms with van der Waals surface area (Å²) in [6, 6.07) is 6.32. The Labute approximate surface area is 120 Å². The molecule has 0 aliphatic carbocycles. The van der Waals surface area contributed by atoms with E-state index in [1.54, 1.807) is 25.2 Å². The molecule has 1 N–H and O–H groups in total. The fourth-order valence-corrected chi connectivity index (χ4v) is 3.03. The number of amides is 1. The van der Waals surface area contributed by atoms with Crippen LogP contribution in [0.3, 0.4) is 0 Å². The number of aliphatic hydroxyl groups excluding tert-OH is 1. The van der Waals surface area contributed by atoms with Crippen LogP contribution in [0, 0.1) is 5.82 Å². The number of aliphatic hydroxyl groups is 1. The smallest absolute Gasteiger partial charge is 0.263 e. The highest BCUT2D eigenvalue weighted by atomic mass is 32.1. The van der Waals surface area contributed by atoms with Crippen molar-refractivity contribution in [1.29, 1.82) is 0 Å². The Balaban J connectivity index is 2.16. The molecule has 20 heavy (non-hydrogen) atoms. The maximum Gasteiger partial charge on any atom is 0.263 e. The maximum absolute atomic E-state index is 13.6. The first-order valence-electron chi connectivity index (χ1n) is 6.13. The third kappa shape index (κ3) is 3.15. The molecule has 4 nitrogen and oxygen atoms in total. The van der Waals surface area contributed by atoms with Crippen molar-refractivity contribution in [2.45, 2.75) is 6.10 Å². The third-order valence-electron chi connectivity index (χ3n) is 2.91. The Hall–Kier alpha value is -1.50. The van der Waals surface area contributed by atoms with Crippen LogP contribution in [0.4, 0.5) is 4.39 Å². The Morgan fingerprint density at radius 2 is 2.30 bits per heavy atom. The molecule has 1 amide bonds. The van der Waals surface area contributed by atoms with Crippen molar-refractivity contribution in [3.8, 4) is 0 Å². The summed E-state index contributed by atoms with van der Waals surface area (Å²) in [6.45, 7) is 0.335. The average Bonchev–Trinajstić information content (AvgIpc) is 2.83. The molecule has 0 aliphatic rings. The number of thiophene rings is 1. The molecule has 1 heterocycles. The number of carbonyl (C=O) groups excluding carboxylic acids is 1. The molecule has 0 bridgehead atoms. The van der Waals surface area contributed by atoms with Crippen molar-refractivity contribution in [2.24, 2.45) is 0 Å². The van der Waals surface area contributed by atoms with E-state index in [9.17, 15) is 14.3 Å². The fraction of sp³-hybridized carbons (Fsp3) is 0.357. The predicted molar refractivity (Wildman–Crippen MR) is 76.6 cm³/mol. The van der Waals surface area contributed by atoms with Gasteiger partial charge in [0.1, 0.15) is 5.82 Å². The van der Waals surface area contributed by atoms with Crippen LogP contribution in [0.1, 0.15) is 9.67 Å². The average molecular weight is 297 g/mol. The highest BCUT2D eigenvalue weighted by Crippen LogP contribution is 2.28. The first-order chi connectivity index (χ1) is 9.52. The lowest BCUT2D eigenvalue weighted by atomic mass is 10.2. The standard InChI is InChI=1S/C14H16FNO3S/c1-16(7-9(17)8-19-2)14(18)13-6-10-11(15)4-3-5-12(10)20-13/h3-6,9,17H,7-8H2,1-2H3. The summed E-state index contributed by atoms with van der Waals surface area (Å²) in [5, 5.41) is 10.1. The summed E-state index contributed by atoms with van der Waals surface area (Å²) in [5.74, 6) is -0.569. The minimum Gasteiger partial charge on any atom is -0.389 e. The second-order valence-corrected chi connectivity index (χ2v) is 5.64. The second-order valence-electron chi connectivity index (χ2n) is 4.56. The van der Waals surface area contributed by atoms with Gasteiger partial charge in [0.2, 0.25) is 0 Å². The maximum atomic E-state index is 13.6. The van der Waals surface area contributed by atoms with Gasteiger partial charge in [-0.3, -0.25) is 4.79 Å². The van der Waals surface area contributed by atoms with Crippen LogP contribution in [-0.4, -0.2) is 49.3 Å². The summed E-state index contributed by atoms with van der Waals surface area (Å²) in [7, 11) is 3.09. The van der Waals surface area contributed by atoms with Crippen LogP contribution >= 0.6 is 11.3 Å². The molecule has 1 aromatic heterocycles. The zero-order valence-corrected chi connectivity index (χ0v) is 12.1. The molecular weight excluding hydrogens is 281 g/mol. The summed E-state index contributed by atoms with van der Waals surface area (Å²) in [6.07, 6.45) is -0.736. The molecule has 6 heteroatoms. The van der Waals surface area contributed by atoms with Crippen LogP contribution in [-0.2, 0) is 4.74 Å². The molecule has 1 aromatic carbocycles. The molecule has 2 rings (SSSR count). The minimum absolute atomic E-state index is 0.165. The molecule has 1 atom stereocenters. The number of rotatable bonds is 5. The SMILES string of the molecule is COCC(O)CN(C)C(=O)c1cc2c(F)cccc2s1. The van der Waals surface area contributed by atoms with E-state index >= 15 is 0 Å². The van der Waals surface area contributed by atoms with Crippen molar-refractivity contribution in [1.82, 2.24) is 4.90 Å². The fourth-order valence-electron chi connectivity index (χ4n) is 1.96. The number of carbonyl (C=O) groups is 1. The van der Waals surface area contributed by atoms with Crippen LogP contribution < -0.4 is 0 Å². The van der Waals surface area contributed by atoms with E-state index in [2.05, 4.69) is 0 Å². The van der Waals surface area contributed by atoms with Crippen molar-refractivity contribution in [3.63, 3.8) is 0 Å². The van der Waals surface area contributed by atoms with Crippen LogP contribution in [0.25, 0.3) is 10.1 Å². The van der Waals surface area contributed by atoms with Crippen LogP contribution in [0.2, 0.25) is 0 Å². The van der Waals surface area contributed by atoms with Crippen molar-refractivity contribution in [3.05, 3.63) is 35.0 Å². The predicted octanol–water partition coefficient (Wildman–Crippen LogP) is 2.12. The van der Waals surface area contributed by atoms with E-state index in [1.807, 2.05) is 0 Å². The third-order valence-corrected chi connectivity index (χ3v) is 4.00. The Kier molecular flexibility index (Phi) is 4.69. The first-order valence-corrected chi connectivity index (χ1v) is 6.95. The van der Waals surface area contributed by atoms with Crippen molar-refractivity contribution in [2.75, 3.05) is 27.3 Å². The normalized spacial score (nSPS) is 12.6. The van der Waals surface area contributed by atoms with Crippen molar-refractivity contribution >= 4 is 27.3 Å².